The van der Waals surface area contributed by atoms with Crippen LogP contribution in [0.25, 0.3) is 44.0 Å². The van der Waals surface area contributed by atoms with Gasteiger partial charge in [-0.05, 0) is 58.7 Å². The normalized spacial score (nSPS) is 12.1. The molecule has 0 saturated carbocycles. The van der Waals surface area contributed by atoms with Crippen LogP contribution in [-0.4, -0.2) is 4.98 Å². The van der Waals surface area contributed by atoms with Crippen molar-refractivity contribution in [2.75, 3.05) is 0 Å². The molecule has 3 aromatic carbocycles. The van der Waals surface area contributed by atoms with Crippen LogP contribution in [0.1, 0.15) is 50.7 Å². The van der Waals surface area contributed by atoms with Crippen LogP contribution in [0.2, 0.25) is 0 Å². The summed E-state index contributed by atoms with van der Waals surface area (Å²) in [7, 11) is 0. The minimum Gasteiger partial charge on any atom is -0.455 e. The number of halogens is 1. The highest BCUT2D eigenvalue weighted by Crippen LogP contribution is 2.41. The van der Waals surface area contributed by atoms with Crippen molar-refractivity contribution in [3.63, 3.8) is 0 Å². The van der Waals surface area contributed by atoms with Gasteiger partial charge in [-0.2, -0.15) is 0 Å². The Labute approximate surface area is 175 Å². The van der Waals surface area contributed by atoms with Crippen molar-refractivity contribution in [3.8, 4) is 11.3 Å². The molecule has 2 nitrogen and oxygen atoms in total. The summed E-state index contributed by atoms with van der Waals surface area (Å²) < 4.78 is 20.6. The number of nitrogens with zero attached hydrogens (tertiary/aromatic N) is 1. The molecule has 2 heterocycles. The monoisotopic (exact) mass is 397 g/mol. The summed E-state index contributed by atoms with van der Waals surface area (Å²) in [6.45, 7) is 8.63. The Hall–Kier alpha value is -3.20. The molecule has 30 heavy (non-hydrogen) atoms. The summed E-state index contributed by atoms with van der Waals surface area (Å²) in [6.07, 6.45) is 1.93. The molecule has 150 valence electrons. The van der Waals surface area contributed by atoms with Gasteiger partial charge in [0.1, 0.15) is 17.0 Å². The van der Waals surface area contributed by atoms with Gasteiger partial charge in [-0.15, -0.1) is 0 Å². The second-order valence-electron chi connectivity index (χ2n) is 8.60. The fourth-order valence-electron chi connectivity index (χ4n) is 4.27. The Balaban J connectivity index is 1.93. The first-order valence-corrected chi connectivity index (χ1v) is 10.5. The van der Waals surface area contributed by atoms with Crippen molar-refractivity contribution in [2.45, 2.75) is 39.5 Å². The van der Waals surface area contributed by atoms with E-state index in [-0.39, 0.29) is 5.82 Å². The smallest absolute Gasteiger partial charge is 0.144 e. The molecule has 0 aliphatic heterocycles. The lowest BCUT2D eigenvalue weighted by Crippen LogP contribution is -1.97. The zero-order valence-corrected chi connectivity index (χ0v) is 17.7. The fourth-order valence-corrected chi connectivity index (χ4v) is 4.27. The van der Waals surface area contributed by atoms with Gasteiger partial charge in [-0.3, -0.25) is 4.98 Å². The second-order valence-corrected chi connectivity index (χ2v) is 8.60. The quantitative estimate of drug-likeness (QED) is 0.307. The molecule has 0 N–H and O–H groups in total. The molecule has 0 amide bonds. The first-order chi connectivity index (χ1) is 14.4. The molecule has 0 aliphatic rings. The number of furan rings is 1. The Morgan fingerprint density at radius 1 is 0.800 bits per heavy atom. The summed E-state index contributed by atoms with van der Waals surface area (Å²) in [5.41, 5.74) is 5.66. The van der Waals surface area contributed by atoms with Crippen molar-refractivity contribution in [2.24, 2.45) is 0 Å². The molecule has 0 bridgehead atoms. The number of aromatic nitrogens is 1. The third kappa shape index (κ3) is 2.88. The number of hydrogen-bond acceptors (Lipinski definition) is 2. The summed E-state index contributed by atoms with van der Waals surface area (Å²) >= 11 is 0. The summed E-state index contributed by atoms with van der Waals surface area (Å²) in [5.74, 6) is 0.389. The van der Waals surface area contributed by atoms with Crippen LogP contribution < -0.4 is 0 Å². The van der Waals surface area contributed by atoms with E-state index in [0.717, 1.165) is 49.5 Å². The lowest BCUT2D eigenvalue weighted by molar-refractivity contribution is 0.629. The number of benzene rings is 3. The van der Waals surface area contributed by atoms with Gasteiger partial charge in [-0.25, -0.2) is 4.39 Å². The minimum absolute atomic E-state index is 0.257. The van der Waals surface area contributed by atoms with Crippen LogP contribution in [0, 0.1) is 5.82 Å². The van der Waals surface area contributed by atoms with E-state index < -0.39 is 0 Å². The van der Waals surface area contributed by atoms with Crippen LogP contribution in [0.5, 0.6) is 0 Å². The van der Waals surface area contributed by atoms with Crippen molar-refractivity contribution < 1.29 is 8.81 Å². The third-order valence-electron chi connectivity index (χ3n) is 5.92. The Kier molecular flexibility index (Phi) is 4.35. The molecule has 5 aromatic rings. The zero-order valence-electron chi connectivity index (χ0n) is 17.7. The van der Waals surface area contributed by atoms with Crippen molar-refractivity contribution in [1.29, 1.82) is 0 Å². The SMILES string of the molecule is CC(C)c1cc(-c2ncc(C(C)C)c3ccc(F)cc23)c2oc3ccccc3c2c1. The molecule has 0 fully saturated rings. The predicted molar refractivity (Wildman–Crippen MR) is 123 cm³/mol. The van der Waals surface area contributed by atoms with E-state index in [1.807, 2.05) is 30.5 Å². The molecule has 3 heteroatoms. The maximum atomic E-state index is 14.3. The topological polar surface area (TPSA) is 26.0 Å². The van der Waals surface area contributed by atoms with Crippen molar-refractivity contribution in [1.82, 2.24) is 4.98 Å². The molecule has 0 aliphatic carbocycles. The minimum atomic E-state index is -0.257. The maximum absolute atomic E-state index is 14.3. The summed E-state index contributed by atoms with van der Waals surface area (Å²) in [4.78, 5) is 4.83. The number of pyridine rings is 1. The molecule has 2 aromatic heterocycles. The molecule has 5 rings (SSSR count). The lowest BCUT2D eigenvalue weighted by atomic mass is 9.92. The van der Waals surface area contributed by atoms with Crippen LogP contribution >= 0.6 is 0 Å². The first-order valence-electron chi connectivity index (χ1n) is 10.5. The molecule has 0 unspecified atom stereocenters. The lowest BCUT2D eigenvalue weighted by Gasteiger charge is -2.15. The fraction of sp³-hybridized carbons (Fsp3) is 0.222. The summed E-state index contributed by atoms with van der Waals surface area (Å²) in [5, 5.41) is 4.02. The number of para-hydroxylation sites is 1. The zero-order chi connectivity index (χ0) is 21.0. The van der Waals surface area contributed by atoms with E-state index in [4.69, 9.17) is 9.40 Å². The van der Waals surface area contributed by atoms with E-state index in [1.165, 1.54) is 11.6 Å². The van der Waals surface area contributed by atoms with Gasteiger partial charge in [0.05, 0.1) is 5.69 Å². The van der Waals surface area contributed by atoms with Crippen molar-refractivity contribution >= 4 is 32.7 Å². The molecular weight excluding hydrogens is 373 g/mol. The third-order valence-corrected chi connectivity index (χ3v) is 5.92. The van der Waals surface area contributed by atoms with Gasteiger partial charge in [0.2, 0.25) is 0 Å². The number of hydrogen-bond donors (Lipinski definition) is 0. The molecular formula is C27H24FNO. The average Bonchev–Trinajstić information content (AvgIpc) is 3.10. The molecule has 0 saturated heterocycles. The van der Waals surface area contributed by atoms with Crippen LogP contribution in [-0.2, 0) is 0 Å². The van der Waals surface area contributed by atoms with Gasteiger partial charge in [-0.1, -0.05) is 52.0 Å². The first kappa shape index (κ1) is 18.8. The van der Waals surface area contributed by atoms with E-state index in [1.54, 1.807) is 6.07 Å². The highest BCUT2D eigenvalue weighted by molar-refractivity contribution is 6.12. The van der Waals surface area contributed by atoms with Gasteiger partial charge in [0.25, 0.3) is 0 Å². The van der Waals surface area contributed by atoms with Gasteiger partial charge >= 0.3 is 0 Å². The van der Waals surface area contributed by atoms with Gasteiger partial charge < -0.3 is 4.42 Å². The second kappa shape index (κ2) is 6.94. The van der Waals surface area contributed by atoms with Crippen LogP contribution in [0.3, 0.4) is 0 Å². The van der Waals surface area contributed by atoms with Crippen LogP contribution in [0.15, 0.2) is 65.2 Å². The molecule has 0 atom stereocenters. The van der Waals surface area contributed by atoms with Gasteiger partial charge in [0.15, 0.2) is 0 Å². The average molecular weight is 397 g/mol. The Morgan fingerprint density at radius 3 is 2.37 bits per heavy atom. The summed E-state index contributed by atoms with van der Waals surface area (Å²) in [6, 6.07) is 17.4. The molecule has 0 spiro atoms. The Morgan fingerprint density at radius 2 is 1.60 bits per heavy atom. The molecule has 0 radical (unpaired) electrons. The van der Waals surface area contributed by atoms with E-state index >= 15 is 0 Å². The maximum Gasteiger partial charge on any atom is 0.144 e. The largest absolute Gasteiger partial charge is 0.455 e. The van der Waals surface area contributed by atoms with Crippen LogP contribution in [0.4, 0.5) is 4.39 Å². The standard InChI is InChI=1S/C27H24FNO/c1-15(2)17-11-22-20-7-5-6-8-25(20)30-27(22)23(12-17)26-21-13-18(28)9-10-19(21)24(14-29-26)16(3)4/h5-16H,1-4H3. The van der Waals surface area contributed by atoms with E-state index in [2.05, 4.69) is 45.9 Å². The highest BCUT2D eigenvalue weighted by Gasteiger charge is 2.19. The van der Waals surface area contributed by atoms with Gasteiger partial charge in [0, 0.05) is 27.9 Å². The number of rotatable bonds is 3. The number of fused-ring (bicyclic) bond motifs is 4. The predicted octanol–water partition coefficient (Wildman–Crippen LogP) is 8.19. The van der Waals surface area contributed by atoms with Crippen molar-refractivity contribution in [3.05, 3.63) is 77.7 Å². The highest BCUT2D eigenvalue weighted by atomic mass is 19.1. The van der Waals surface area contributed by atoms with E-state index in [9.17, 15) is 4.39 Å². The van der Waals surface area contributed by atoms with E-state index in [0.29, 0.717) is 11.8 Å². The Bertz CT molecular complexity index is 1410.